The third-order valence-corrected chi connectivity index (χ3v) is 3.76. The summed E-state index contributed by atoms with van der Waals surface area (Å²) in [6.45, 7) is 5.84. The quantitative estimate of drug-likeness (QED) is 0.742. The molecule has 1 aromatic rings. The Morgan fingerprint density at radius 1 is 1.43 bits per heavy atom. The molecule has 0 aromatic carbocycles. The van der Waals surface area contributed by atoms with Gasteiger partial charge in [-0.25, -0.2) is 9.48 Å². The summed E-state index contributed by atoms with van der Waals surface area (Å²) in [6, 6.07) is 0.328. The van der Waals surface area contributed by atoms with Gasteiger partial charge < -0.3 is 10.4 Å². The Kier molecular flexibility index (Phi) is 4.89. The molecule has 0 bridgehead atoms. The Labute approximate surface area is 123 Å². The van der Waals surface area contributed by atoms with Gasteiger partial charge in [0.1, 0.15) is 0 Å². The van der Waals surface area contributed by atoms with Crippen LogP contribution in [-0.2, 0) is 4.79 Å². The van der Waals surface area contributed by atoms with Gasteiger partial charge in [-0.2, -0.15) is 0 Å². The monoisotopic (exact) mass is 295 g/mol. The number of amides is 1. The zero-order valence-electron chi connectivity index (χ0n) is 12.3. The summed E-state index contributed by atoms with van der Waals surface area (Å²) >= 11 is 0. The summed E-state index contributed by atoms with van der Waals surface area (Å²) in [4.78, 5) is 24.6. The third kappa shape index (κ3) is 3.78. The van der Waals surface area contributed by atoms with Crippen LogP contribution in [0.5, 0.6) is 0 Å². The van der Waals surface area contributed by atoms with Gasteiger partial charge in [0.05, 0.1) is 18.8 Å². The second-order valence-electron chi connectivity index (χ2n) is 5.32. The van der Waals surface area contributed by atoms with E-state index in [1.54, 1.807) is 4.68 Å². The lowest BCUT2D eigenvalue weighted by atomic mass is 10.1. The molecule has 8 heteroatoms. The average Bonchev–Trinajstić information content (AvgIpc) is 2.89. The number of rotatable bonds is 7. The van der Waals surface area contributed by atoms with Gasteiger partial charge in [0, 0.05) is 19.1 Å². The van der Waals surface area contributed by atoms with Gasteiger partial charge in [0.15, 0.2) is 5.69 Å². The zero-order valence-corrected chi connectivity index (χ0v) is 12.3. The second kappa shape index (κ2) is 6.66. The first-order valence-corrected chi connectivity index (χ1v) is 7.20. The highest BCUT2D eigenvalue weighted by Crippen LogP contribution is 2.19. The first-order chi connectivity index (χ1) is 10.0. The fourth-order valence-electron chi connectivity index (χ4n) is 2.36. The number of aromatic carboxylic acids is 1. The van der Waals surface area contributed by atoms with E-state index in [4.69, 9.17) is 5.11 Å². The topological polar surface area (TPSA) is 100 Å². The third-order valence-electron chi connectivity index (χ3n) is 3.76. The number of carbonyl (C=O) groups is 2. The van der Waals surface area contributed by atoms with Crippen molar-refractivity contribution in [2.45, 2.75) is 38.8 Å². The summed E-state index contributed by atoms with van der Waals surface area (Å²) in [5, 5.41) is 19.2. The van der Waals surface area contributed by atoms with E-state index in [9.17, 15) is 9.59 Å². The highest BCUT2D eigenvalue weighted by molar-refractivity contribution is 5.84. The minimum atomic E-state index is -1.08. The van der Waals surface area contributed by atoms with Gasteiger partial charge in [-0.1, -0.05) is 19.1 Å². The Hall–Kier alpha value is -1.96. The van der Waals surface area contributed by atoms with Gasteiger partial charge in [0.25, 0.3) is 0 Å². The molecule has 116 valence electrons. The lowest BCUT2D eigenvalue weighted by Crippen LogP contribution is -2.52. The van der Waals surface area contributed by atoms with E-state index >= 15 is 0 Å². The molecule has 0 atom stereocenters. The minimum absolute atomic E-state index is 0.0342. The van der Waals surface area contributed by atoms with Crippen molar-refractivity contribution in [2.24, 2.45) is 0 Å². The predicted molar refractivity (Wildman–Crippen MR) is 75.0 cm³/mol. The molecule has 0 radical (unpaired) electrons. The van der Waals surface area contributed by atoms with E-state index in [1.165, 1.54) is 6.20 Å². The van der Waals surface area contributed by atoms with Crippen molar-refractivity contribution < 1.29 is 14.7 Å². The Balaban J connectivity index is 1.76. The highest BCUT2D eigenvalue weighted by Gasteiger charge is 2.31. The van der Waals surface area contributed by atoms with Gasteiger partial charge in [-0.05, 0) is 12.8 Å². The second-order valence-corrected chi connectivity index (χ2v) is 5.32. The fourth-order valence-corrected chi connectivity index (χ4v) is 2.36. The number of carboxylic acids is 1. The lowest BCUT2D eigenvalue weighted by molar-refractivity contribution is -0.124. The minimum Gasteiger partial charge on any atom is -0.476 e. The van der Waals surface area contributed by atoms with Gasteiger partial charge in [0.2, 0.25) is 5.91 Å². The fraction of sp³-hybridized carbons (Fsp3) is 0.692. The van der Waals surface area contributed by atoms with Crippen molar-refractivity contribution in [1.82, 2.24) is 25.2 Å². The SMILES string of the molecule is CCC(CC)NC(=O)CN1CC(n2cc(C(=O)O)nn2)C1. The smallest absolute Gasteiger partial charge is 0.358 e. The average molecular weight is 295 g/mol. The number of hydrogen-bond acceptors (Lipinski definition) is 5. The molecular formula is C13H21N5O3. The number of likely N-dealkylation sites (tertiary alicyclic amines) is 1. The number of nitrogens with zero attached hydrogens (tertiary/aromatic N) is 4. The molecular weight excluding hydrogens is 274 g/mol. The van der Waals surface area contributed by atoms with Gasteiger partial charge >= 0.3 is 5.97 Å². The van der Waals surface area contributed by atoms with Crippen molar-refractivity contribution >= 4 is 11.9 Å². The maximum Gasteiger partial charge on any atom is 0.358 e. The molecule has 0 spiro atoms. The summed E-state index contributed by atoms with van der Waals surface area (Å²) < 4.78 is 1.55. The molecule has 0 saturated carbocycles. The molecule has 1 saturated heterocycles. The van der Waals surface area contributed by atoms with Crippen LogP contribution in [0.1, 0.15) is 43.2 Å². The maximum absolute atomic E-state index is 11.8. The summed E-state index contributed by atoms with van der Waals surface area (Å²) in [5.74, 6) is -1.05. The highest BCUT2D eigenvalue weighted by atomic mass is 16.4. The van der Waals surface area contributed by atoms with Crippen molar-refractivity contribution in [3.63, 3.8) is 0 Å². The Morgan fingerprint density at radius 2 is 2.10 bits per heavy atom. The maximum atomic E-state index is 11.8. The normalized spacial score (nSPS) is 16.0. The van der Waals surface area contributed by atoms with E-state index in [2.05, 4.69) is 29.5 Å². The summed E-state index contributed by atoms with van der Waals surface area (Å²) in [7, 11) is 0. The van der Waals surface area contributed by atoms with Crippen molar-refractivity contribution in [3.05, 3.63) is 11.9 Å². The largest absolute Gasteiger partial charge is 0.476 e. The van der Waals surface area contributed by atoms with Crippen molar-refractivity contribution in [1.29, 1.82) is 0 Å². The van der Waals surface area contributed by atoms with E-state index in [0.717, 1.165) is 12.8 Å². The van der Waals surface area contributed by atoms with E-state index in [0.29, 0.717) is 19.6 Å². The van der Waals surface area contributed by atoms with Crippen LogP contribution in [0.2, 0.25) is 0 Å². The molecule has 0 unspecified atom stereocenters. The summed E-state index contributed by atoms with van der Waals surface area (Å²) in [5.41, 5.74) is -0.0556. The predicted octanol–water partition coefficient (Wildman–Crippen LogP) is 0.138. The molecule has 2 N–H and O–H groups in total. The molecule has 2 rings (SSSR count). The Morgan fingerprint density at radius 3 is 2.62 bits per heavy atom. The lowest BCUT2D eigenvalue weighted by Gasteiger charge is -2.38. The standard InChI is InChI=1S/C13H21N5O3/c1-3-9(4-2)14-12(19)8-17-5-10(6-17)18-7-11(13(20)21)15-16-18/h7,9-10H,3-6,8H2,1-2H3,(H,14,19)(H,20,21). The van der Waals surface area contributed by atoms with Crippen LogP contribution >= 0.6 is 0 Å². The van der Waals surface area contributed by atoms with Crippen molar-refractivity contribution in [2.75, 3.05) is 19.6 Å². The molecule has 0 aliphatic carbocycles. The molecule has 2 heterocycles. The van der Waals surface area contributed by atoms with E-state index in [1.807, 2.05) is 4.90 Å². The number of nitrogens with one attached hydrogen (secondary N) is 1. The first-order valence-electron chi connectivity index (χ1n) is 7.20. The molecule has 1 aliphatic rings. The Bertz CT molecular complexity index is 506. The number of carbonyl (C=O) groups excluding carboxylic acids is 1. The number of hydrogen-bond donors (Lipinski definition) is 2. The van der Waals surface area contributed by atoms with Crippen LogP contribution in [-0.4, -0.2) is 62.6 Å². The van der Waals surface area contributed by atoms with Crippen LogP contribution in [0.25, 0.3) is 0 Å². The molecule has 1 fully saturated rings. The summed E-state index contributed by atoms with van der Waals surface area (Å²) in [6.07, 6.45) is 3.29. The zero-order chi connectivity index (χ0) is 15.4. The molecule has 1 amide bonds. The van der Waals surface area contributed by atoms with Crippen LogP contribution in [0, 0.1) is 0 Å². The van der Waals surface area contributed by atoms with Crippen LogP contribution in [0.4, 0.5) is 0 Å². The molecule has 8 nitrogen and oxygen atoms in total. The van der Waals surface area contributed by atoms with E-state index < -0.39 is 5.97 Å². The van der Waals surface area contributed by atoms with Crippen LogP contribution in [0.3, 0.4) is 0 Å². The van der Waals surface area contributed by atoms with Gasteiger partial charge in [-0.3, -0.25) is 9.69 Å². The van der Waals surface area contributed by atoms with Crippen LogP contribution in [0.15, 0.2) is 6.20 Å². The molecule has 1 aliphatic heterocycles. The number of carboxylic acid groups (broad SMARTS) is 1. The molecule has 1 aromatic heterocycles. The van der Waals surface area contributed by atoms with Gasteiger partial charge in [-0.15, -0.1) is 5.10 Å². The number of aromatic nitrogens is 3. The molecule has 21 heavy (non-hydrogen) atoms. The first kappa shape index (κ1) is 15.4. The van der Waals surface area contributed by atoms with E-state index in [-0.39, 0.29) is 23.7 Å². The van der Waals surface area contributed by atoms with Crippen LogP contribution < -0.4 is 5.32 Å². The van der Waals surface area contributed by atoms with Crippen molar-refractivity contribution in [3.8, 4) is 0 Å².